The minimum Gasteiger partial charge on any atom is -0.493 e. The van der Waals surface area contributed by atoms with Crippen LogP contribution in [0.1, 0.15) is 24.8 Å². The van der Waals surface area contributed by atoms with Crippen LogP contribution in [0.4, 0.5) is 0 Å². The summed E-state index contributed by atoms with van der Waals surface area (Å²) in [6.07, 6.45) is 7.91. The van der Waals surface area contributed by atoms with Crippen molar-refractivity contribution in [1.29, 1.82) is 0 Å². The summed E-state index contributed by atoms with van der Waals surface area (Å²) in [6, 6.07) is 6.37. The molecular formula is C19H25N3O2. The number of aryl methyl sites for hydroxylation is 1. The Kier molecular flexibility index (Phi) is 4.54. The van der Waals surface area contributed by atoms with Crippen molar-refractivity contribution in [3.8, 4) is 17.1 Å². The van der Waals surface area contributed by atoms with Crippen molar-refractivity contribution in [2.75, 3.05) is 26.2 Å². The molecule has 128 valence electrons. The van der Waals surface area contributed by atoms with Gasteiger partial charge in [0.1, 0.15) is 11.6 Å². The summed E-state index contributed by atoms with van der Waals surface area (Å²) in [6.45, 7) is 4.71. The van der Waals surface area contributed by atoms with E-state index in [1.54, 1.807) is 0 Å². The third-order valence-corrected chi connectivity index (χ3v) is 5.02. The van der Waals surface area contributed by atoms with E-state index in [1.165, 1.54) is 5.56 Å². The van der Waals surface area contributed by atoms with Crippen molar-refractivity contribution in [3.05, 3.63) is 36.2 Å². The first-order valence-electron chi connectivity index (χ1n) is 8.97. The Hall–Kier alpha value is -1.85. The summed E-state index contributed by atoms with van der Waals surface area (Å²) in [5.74, 6) is 2.05. The number of ether oxygens (including phenoxy) is 1. The van der Waals surface area contributed by atoms with Crippen molar-refractivity contribution in [3.63, 3.8) is 0 Å². The molecule has 3 heterocycles. The smallest absolute Gasteiger partial charge is 0.139 e. The van der Waals surface area contributed by atoms with Gasteiger partial charge in [0, 0.05) is 37.5 Å². The van der Waals surface area contributed by atoms with E-state index in [2.05, 4.69) is 38.8 Å². The lowest BCUT2D eigenvalue weighted by atomic mass is 10.1. The predicted octanol–water partition coefficient (Wildman–Crippen LogP) is 2.33. The standard InChI is InChI=1S/C19H25N3O2/c23-17-3-1-8-21(14-17)9-2-10-22-11-7-20-19(22)16-4-5-18-15(13-16)6-12-24-18/h4-5,7,11,13,17,23H,1-3,6,8-10,12,14H2/t17-/m0/s1. The van der Waals surface area contributed by atoms with Crippen molar-refractivity contribution in [2.24, 2.45) is 0 Å². The number of likely N-dealkylation sites (tertiary alicyclic amines) is 1. The number of fused-ring (bicyclic) bond motifs is 1. The van der Waals surface area contributed by atoms with Crippen LogP contribution >= 0.6 is 0 Å². The zero-order valence-corrected chi connectivity index (χ0v) is 14.0. The van der Waals surface area contributed by atoms with Crippen LogP contribution in [0, 0.1) is 0 Å². The van der Waals surface area contributed by atoms with Gasteiger partial charge in [-0.1, -0.05) is 0 Å². The second kappa shape index (κ2) is 6.95. The molecular weight excluding hydrogens is 302 g/mol. The number of nitrogens with zero attached hydrogens (tertiary/aromatic N) is 3. The topological polar surface area (TPSA) is 50.5 Å². The fraction of sp³-hybridized carbons (Fsp3) is 0.526. The minimum atomic E-state index is -0.142. The minimum absolute atomic E-state index is 0.142. The highest BCUT2D eigenvalue weighted by molar-refractivity contribution is 5.60. The maximum absolute atomic E-state index is 9.77. The summed E-state index contributed by atoms with van der Waals surface area (Å²) in [7, 11) is 0. The van der Waals surface area contributed by atoms with Crippen LogP contribution in [0.5, 0.6) is 5.75 Å². The average Bonchev–Trinajstić information content (AvgIpc) is 3.23. The number of hydrogen-bond donors (Lipinski definition) is 1. The van der Waals surface area contributed by atoms with Gasteiger partial charge in [0.05, 0.1) is 12.7 Å². The fourth-order valence-corrected chi connectivity index (χ4v) is 3.77. The second-order valence-corrected chi connectivity index (χ2v) is 6.82. The number of benzene rings is 1. The molecule has 1 fully saturated rings. The van der Waals surface area contributed by atoms with Crippen LogP contribution in [0.2, 0.25) is 0 Å². The van der Waals surface area contributed by atoms with Gasteiger partial charge in [-0.2, -0.15) is 0 Å². The monoisotopic (exact) mass is 327 g/mol. The maximum atomic E-state index is 9.77. The third kappa shape index (κ3) is 3.32. The Morgan fingerprint density at radius 3 is 3.17 bits per heavy atom. The van der Waals surface area contributed by atoms with Gasteiger partial charge in [-0.25, -0.2) is 4.98 Å². The molecule has 5 nitrogen and oxygen atoms in total. The Balaban J connectivity index is 1.39. The highest BCUT2D eigenvalue weighted by Crippen LogP contribution is 2.29. The first-order chi connectivity index (χ1) is 11.8. The zero-order chi connectivity index (χ0) is 16.4. The largest absolute Gasteiger partial charge is 0.493 e. The molecule has 0 unspecified atom stereocenters. The number of rotatable bonds is 5. The van der Waals surface area contributed by atoms with E-state index in [4.69, 9.17) is 4.74 Å². The Labute approximate surface area is 142 Å². The Morgan fingerprint density at radius 1 is 1.29 bits per heavy atom. The first-order valence-corrected chi connectivity index (χ1v) is 8.97. The summed E-state index contributed by atoms with van der Waals surface area (Å²) >= 11 is 0. The quantitative estimate of drug-likeness (QED) is 0.916. The molecule has 0 amide bonds. The van der Waals surface area contributed by atoms with Gasteiger partial charge in [-0.15, -0.1) is 0 Å². The predicted molar refractivity (Wildman–Crippen MR) is 93.2 cm³/mol. The molecule has 1 atom stereocenters. The zero-order valence-electron chi connectivity index (χ0n) is 14.0. The molecule has 4 rings (SSSR count). The SMILES string of the molecule is O[C@H]1CCCN(CCCn2ccnc2-c2ccc3c(c2)CCO3)C1. The molecule has 0 bridgehead atoms. The van der Waals surface area contributed by atoms with Gasteiger partial charge in [0.15, 0.2) is 0 Å². The number of aromatic nitrogens is 2. The first kappa shape index (κ1) is 15.7. The molecule has 0 spiro atoms. The normalized spacial score (nSPS) is 20.8. The van der Waals surface area contributed by atoms with Gasteiger partial charge in [0.25, 0.3) is 0 Å². The molecule has 2 aliphatic rings. The highest BCUT2D eigenvalue weighted by atomic mass is 16.5. The number of piperidine rings is 1. The van der Waals surface area contributed by atoms with Crippen molar-refractivity contribution < 1.29 is 9.84 Å². The lowest BCUT2D eigenvalue weighted by Crippen LogP contribution is -2.38. The highest BCUT2D eigenvalue weighted by Gasteiger charge is 2.17. The summed E-state index contributed by atoms with van der Waals surface area (Å²) < 4.78 is 7.82. The van der Waals surface area contributed by atoms with E-state index >= 15 is 0 Å². The van der Waals surface area contributed by atoms with Crippen molar-refractivity contribution >= 4 is 0 Å². The van der Waals surface area contributed by atoms with Crippen LogP contribution in [0.3, 0.4) is 0 Å². The number of aliphatic hydroxyl groups is 1. The summed E-state index contributed by atoms with van der Waals surface area (Å²) in [4.78, 5) is 6.93. The van der Waals surface area contributed by atoms with E-state index in [9.17, 15) is 5.11 Å². The lowest BCUT2D eigenvalue weighted by Gasteiger charge is -2.29. The fourth-order valence-electron chi connectivity index (χ4n) is 3.77. The number of β-amino-alcohol motifs (C(OH)–C–C–N with tert-alkyl or cyclic N) is 1. The molecule has 5 heteroatoms. The van der Waals surface area contributed by atoms with Crippen LogP contribution < -0.4 is 4.74 Å². The van der Waals surface area contributed by atoms with Crippen LogP contribution in [0.15, 0.2) is 30.6 Å². The molecule has 2 aromatic rings. The number of imidazole rings is 1. The Morgan fingerprint density at radius 2 is 2.25 bits per heavy atom. The number of hydrogen-bond acceptors (Lipinski definition) is 4. The van der Waals surface area contributed by atoms with Crippen LogP contribution in [-0.2, 0) is 13.0 Å². The van der Waals surface area contributed by atoms with Gasteiger partial charge >= 0.3 is 0 Å². The van der Waals surface area contributed by atoms with Crippen molar-refractivity contribution in [2.45, 2.75) is 38.3 Å². The lowest BCUT2D eigenvalue weighted by molar-refractivity contribution is 0.0695. The van der Waals surface area contributed by atoms with E-state index in [0.29, 0.717) is 0 Å². The van der Waals surface area contributed by atoms with Gasteiger partial charge in [-0.05, 0) is 56.1 Å². The van der Waals surface area contributed by atoms with Crippen molar-refractivity contribution in [1.82, 2.24) is 14.5 Å². The summed E-state index contributed by atoms with van der Waals surface area (Å²) in [5, 5.41) is 9.77. The molecule has 24 heavy (non-hydrogen) atoms. The van der Waals surface area contributed by atoms with E-state index in [0.717, 1.165) is 75.6 Å². The summed E-state index contributed by atoms with van der Waals surface area (Å²) in [5.41, 5.74) is 2.45. The van der Waals surface area contributed by atoms with Gasteiger partial charge < -0.3 is 19.3 Å². The molecule has 0 radical (unpaired) electrons. The van der Waals surface area contributed by atoms with E-state index in [1.807, 2.05) is 6.20 Å². The Bertz CT molecular complexity index is 698. The molecule has 1 saturated heterocycles. The van der Waals surface area contributed by atoms with Gasteiger partial charge in [-0.3, -0.25) is 0 Å². The van der Waals surface area contributed by atoms with Gasteiger partial charge in [0.2, 0.25) is 0 Å². The molecule has 1 N–H and O–H groups in total. The molecule has 1 aromatic heterocycles. The van der Waals surface area contributed by atoms with E-state index in [-0.39, 0.29) is 6.10 Å². The molecule has 2 aliphatic heterocycles. The third-order valence-electron chi connectivity index (χ3n) is 5.02. The second-order valence-electron chi connectivity index (χ2n) is 6.82. The van der Waals surface area contributed by atoms with Crippen LogP contribution in [0.25, 0.3) is 11.4 Å². The molecule has 0 saturated carbocycles. The maximum Gasteiger partial charge on any atom is 0.139 e. The van der Waals surface area contributed by atoms with E-state index < -0.39 is 0 Å². The molecule has 1 aromatic carbocycles. The molecule has 0 aliphatic carbocycles. The number of aliphatic hydroxyl groups excluding tert-OH is 1. The van der Waals surface area contributed by atoms with Crippen LogP contribution in [-0.4, -0.2) is 51.9 Å². The average molecular weight is 327 g/mol.